The summed E-state index contributed by atoms with van der Waals surface area (Å²) in [6.45, 7) is 5.82. The zero-order chi connectivity index (χ0) is 15.4. The molecule has 0 unspecified atom stereocenters. The van der Waals surface area contributed by atoms with Crippen molar-refractivity contribution in [3.63, 3.8) is 0 Å². The van der Waals surface area contributed by atoms with Crippen molar-refractivity contribution in [1.29, 1.82) is 0 Å². The Morgan fingerprint density at radius 2 is 1.95 bits per heavy atom. The quantitative estimate of drug-likeness (QED) is 0.650. The number of benzene rings is 1. The largest absolute Gasteiger partial charge is 0.493 e. The average Bonchev–Trinajstić information content (AvgIpc) is 2.50. The molecule has 0 spiro atoms. The third-order valence-electron chi connectivity index (χ3n) is 3.13. The van der Waals surface area contributed by atoms with Crippen molar-refractivity contribution in [3.8, 4) is 17.4 Å². The Hall–Kier alpha value is -2.34. The second-order valence-electron chi connectivity index (χ2n) is 4.67. The first-order chi connectivity index (χ1) is 10.1. The van der Waals surface area contributed by atoms with E-state index in [1.54, 1.807) is 7.11 Å². The summed E-state index contributed by atoms with van der Waals surface area (Å²) >= 11 is 0. The summed E-state index contributed by atoms with van der Waals surface area (Å²) < 4.78 is 11.2. The van der Waals surface area contributed by atoms with Crippen LogP contribution in [0.3, 0.4) is 0 Å². The number of hydrazine groups is 1. The van der Waals surface area contributed by atoms with Crippen LogP contribution in [0.5, 0.6) is 17.4 Å². The highest BCUT2D eigenvalue weighted by molar-refractivity contribution is 5.51. The van der Waals surface area contributed by atoms with Gasteiger partial charge in [0.25, 0.3) is 0 Å². The van der Waals surface area contributed by atoms with Gasteiger partial charge in [-0.2, -0.15) is 4.98 Å². The Balaban J connectivity index is 2.43. The molecule has 0 saturated carbocycles. The minimum Gasteiger partial charge on any atom is -0.493 e. The molecule has 112 valence electrons. The molecule has 0 saturated heterocycles. The van der Waals surface area contributed by atoms with Crippen LogP contribution in [0.15, 0.2) is 18.2 Å². The van der Waals surface area contributed by atoms with E-state index in [2.05, 4.69) is 15.4 Å². The van der Waals surface area contributed by atoms with E-state index in [0.29, 0.717) is 35.4 Å². The van der Waals surface area contributed by atoms with Crippen LogP contribution in [-0.4, -0.2) is 17.1 Å². The van der Waals surface area contributed by atoms with Crippen LogP contribution in [0.1, 0.15) is 23.9 Å². The minimum absolute atomic E-state index is 0.469. The van der Waals surface area contributed by atoms with Crippen LogP contribution in [0.2, 0.25) is 0 Å². The lowest BCUT2D eigenvalue weighted by molar-refractivity contribution is 0.372. The molecule has 6 nitrogen and oxygen atoms in total. The Morgan fingerprint density at radius 3 is 2.57 bits per heavy atom. The minimum atomic E-state index is 0.469. The van der Waals surface area contributed by atoms with Crippen LogP contribution >= 0.6 is 0 Å². The fourth-order valence-corrected chi connectivity index (χ4v) is 1.90. The lowest BCUT2D eigenvalue weighted by atomic mass is 10.2. The number of ether oxygens (including phenoxy) is 2. The van der Waals surface area contributed by atoms with Gasteiger partial charge < -0.3 is 14.9 Å². The molecule has 0 amide bonds. The van der Waals surface area contributed by atoms with Gasteiger partial charge >= 0.3 is 0 Å². The molecule has 0 radical (unpaired) electrons. The van der Waals surface area contributed by atoms with Crippen LogP contribution in [-0.2, 0) is 6.42 Å². The van der Waals surface area contributed by atoms with Gasteiger partial charge in [-0.05, 0) is 31.5 Å². The number of nitrogens with two attached hydrogens (primary N) is 1. The second kappa shape index (κ2) is 6.41. The molecular formula is C15H20N4O2. The topological polar surface area (TPSA) is 82.3 Å². The Labute approximate surface area is 124 Å². The molecule has 6 heteroatoms. The van der Waals surface area contributed by atoms with Crippen molar-refractivity contribution in [2.45, 2.75) is 27.2 Å². The maximum Gasteiger partial charge on any atom is 0.227 e. The Kier molecular flexibility index (Phi) is 4.59. The maximum absolute atomic E-state index is 5.90. The van der Waals surface area contributed by atoms with Crippen molar-refractivity contribution in [2.75, 3.05) is 12.5 Å². The first-order valence-electron chi connectivity index (χ1n) is 6.75. The van der Waals surface area contributed by atoms with Crippen LogP contribution in [0, 0.1) is 13.8 Å². The van der Waals surface area contributed by atoms with E-state index in [0.717, 1.165) is 11.1 Å². The van der Waals surface area contributed by atoms with Gasteiger partial charge in [-0.15, -0.1) is 0 Å². The number of nitrogen functional groups attached to an aromatic ring is 1. The van der Waals surface area contributed by atoms with E-state index in [9.17, 15) is 0 Å². The molecule has 0 aliphatic rings. The SMILES string of the molecule is CCc1nc(NN)c(C)c(Oc2ccc(C)cc2OC)n1. The number of nitrogens with zero attached hydrogens (tertiary/aromatic N) is 2. The normalized spacial score (nSPS) is 10.3. The number of aromatic nitrogens is 2. The van der Waals surface area contributed by atoms with Gasteiger partial charge in [0.2, 0.25) is 5.88 Å². The monoisotopic (exact) mass is 288 g/mol. The van der Waals surface area contributed by atoms with Gasteiger partial charge in [0, 0.05) is 6.42 Å². The third kappa shape index (κ3) is 3.22. The summed E-state index contributed by atoms with van der Waals surface area (Å²) in [6.07, 6.45) is 0.691. The third-order valence-corrected chi connectivity index (χ3v) is 3.13. The zero-order valence-electron chi connectivity index (χ0n) is 12.7. The molecule has 3 N–H and O–H groups in total. The zero-order valence-corrected chi connectivity index (χ0v) is 12.7. The first kappa shape index (κ1) is 15.1. The predicted molar refractivity (Wildman–Crippen MR) is 81.8 cm³/mol. The van der Waals surface area contributed by atoms with Gasteiger partial charge in [0.15, 0.2) is 11.5 Å². The fourth-order valence-electron chi connectivity index (χ4n) is 1.90. The number of hydrogen-bond acceptors (Lipinski definition) is 6. The van der Waals surface area contributed by atoms with Gasteiger partial charge in [0.05, 0.1) is 12.7 Å². The van der Waals surface area contributed by atoms with Crippen LogP contribution in [0.25, 0.3) is 0 Å². The lowest BCUT2D eigenvalue weighted by Gasteiger charge is -2.14. The van der Waals surface area contributed by atoms with E-state index < -0.39 is 0 Å². The smallest absolute Gasteiger partial charge is 0.227 e. The van der Waals surface area contributed by atoms with Crippen molar-refractivity contribution in [3.05, 3.63) is 35.2 Å². The summed E-state index contributed by atoms with van der Waals surface area (Å²) in [5.41, 5.74) is 4.41. The van der Waals surface area contributed by atoms with E-state index in [1.165, 1.54) is 0 Å². The van der Waals surface area contributed by atoms with Gasteiger partial charge in [0.1, 0.15) is 11.6 Å². The second-order valence-corrected chi connectivity index (χ2v) is 4.67. The molecule has 0 bridgehead atoms. The predicted octanol–water partition coefficient (Wildman–Crippen LogP) is 2.74. The number of nitrogens with one attached hydrogen (secondary N) is 1. The average molecular weight is 288 g/mol. The van der Waals surface area contributed by atoms with E-state index in [4.69, 9.17) is 15.3 Å². The van der Waals surface area contributed by atoms with Crippen molar-refractivity contribution in [2.24, 2.45) is 5.84 Å². The summed E-state index contributed by atoms with van der Waals surface area (Å²) in [5, 5.41) is 0. The van der Waals surface area contributed by atoms with Crippen LogP contribution < -0.4 is 20.7 Å². The number of aryl methyl sites for hydroxylation is 2. The van der Waals surface area contributed by atoms with E-state index >= 15 is 0 Å². The summed E-state index contributed by atoms with van der Waals surface area (Å²) in [6, 6.07) is 5.72. The van der Waals surface area contributed by atoms with Crippen molar-refractivity contribution >= 4 is 5.82 Å². The molecule has 0 atom stereocenters. The number of methoxy groups -OCH3 is 1. The molecule has 1 heterocycles. The molecule has 1 aromatic carbocycles. The van der Waals surface area contributed by atoms with Gasteiger partial charge in [-0.3, -0.25) is 0 Å². The molecule has 2 aromatic rings. The summed E-state index contributed by atoms with van der Waals surface area (Å²) in [4.78, 5) is 8.72. The van der Waals surface area contributed by atoms with Gasteiger partial charge in [-0.25, -0.2) is 10.8 Å². The van der Waals surface area contributed by atoms with Gasteiger partial charge in [-0.1, -0.05) is 13.0 Å². The lowest BCUT2D eigenvalue weighted by Crippen LogP contribution is -2.13. The summed E-state index contributed by atoms with van der Waals surface area (Å²) in [7, 11) is 1.61. The Morgan fingerprint density at radius 1 is 1.19 bits per heavy atom. The first-order valence-corrected chi connectivity index (χ1v) is 6.75. The number of rotatable bonds is 5. The molecular weight excluding hydrogens is 268 g/mol. The highest BCUT2D eigenvalue weighted by atomic mass is 16.5. The van der Waals surface area contributed by atoms with Crippen molar-refractivity contribution < 1.29 is 9.47 Å². The highest BCUT2D eigenvalue weighted by Crippen LogP contribution is 2.34. The van der Waals surface area contributed by atoms with E-state index in [1.807, 2.05) is 39.0 Å². The molecule has 0 fully saturated rings. The molecule has 0 aliphatic heterocycles. The standard InChI is InChI=1S/C15H20N4O2/c1-5-13-17-14(19-16)10(3)15(18-13)21-11-7-6-9(2)8-12(11)20-4/h6-8H,5,16H2,1-4H3,(H,17,18,19). The maximum atomic E-state index is 5.90. The molecule has 2 rings (SSSR count). The fraction of sp³-hybridized carbons (Fsp3) is 0.333. The van der Waals surface area contributed by atoms with E-state index in [-0.39, 0.29) is 0 Å². The molecule has 21 heavy (non-hydrogen) atoms. The number of hydrogen-bond donors (Lipinski definition) is 2. The van der Waals surface area contributed by atoms with Crippen molar-refractivity contribution in [1.82, 2.24) is 9.97 Å². The summed E-state index contributed by atoms with van der Waals surface area (Å²) in [5.74, 6) is 8.45. The highest BCUT2D eigenvalue weighted by Gasteiger charge is 2.14. The molecule has 0 aliphatic carbocycles. The Bertz CT molecular complexity index is 644. The van der Waals surface area contributed by atoms with Crippen LogP contribution in [0.4, 0.5) is 5.82 Å². The number of anilines is 1. The molecule has 1 aromatic heterocycles.